The molecule has 0 bridgehead atoms. The Morgan fingerprint density at radius 1 is 1.09 bits per heavy atom. The van der Waals surface area contributed by atoms with Gasteiger partial charge < -0.3 is 19.1 Å². The third kappa shape index (κ3) is 5.71. The molecule has 9 heteroatoms. The van der Waals surface area contributed by atoms with Gasteiger partial charge in [0, 0.05) is 6.54 Å². The number of fused-ring (bicyclic) bond motifs is 1. The molecule has 0 aromatic heterocycles. The van der Waals surface area contributed by atoms with E-state index in [0.29, 0.717) is 40.7 Å². The number of benzene rings is 2. The van der Waals surface area contributed by atoms with Crippen molar-refractivity contribution in [1.82, 2.24) is 0 Å². The SMILES string of the molecule is COc1ccc(CS(=O)(=O)Nc2ccc3c(c2)N(CC(C)C)C(=O)C(C)(C)CO3)cc1OC. The molecule has 8 nitrogen and oxygen atoms in total. The standard InChI is InChI=1S/C24H32N2O6S/c1-16(2)13-26-19-12-18(8-10-20(19)32-15-24(3,4)23(26)27)25-33(28,29)14-17-7-9-21(30-5)22(11-17)31-6/h7-12,16,25H,13-15H2,1-6H3. The molecule has 1 heterocycles. The first kappa shape index (κ1) is 24.7. The number of methoxy groups -OCH3 is 2. The fraction of sp³-hybridized carbons (Fsp3) is 0.458. The van der Waals surface area contributed by atoms with Crippen molar-refractivity contribution in [3.8, 4) is 17.2 Å². The second-order valence-electron chi connectivity index (χ2n) is 9.22. The number of nitrogens with zero attached hydrogens (tertiary/aromatic N) is 1. The van der Waals surface area contributed by atoms with Crippen LogP contribution in [0.5, 0.6) is 17.2 Å². The van der Waals surface area contributed by atoms with Gasteiger partial charge in [0.05, 0.1) is 36.8 Å². The van der Waals surface area contributed by atoms with Crippen LogP contribution >= 0.6 is 0 Å². The van der Waals surface area contributed by atoms with Gasteiger partial charge in [-0.3, -0.25) is 9.52 Å². The Bertz CT molecular complexity index is 1130. The number of nitrogens with one attached hydrogen (secondary N) is 1. The van der Waals surface area contributed by atoms with E-state index in [4.69, 9.17) is 14.2 Å². The highest BCUT2D eigenvalue weighted by atomic mass is 32.2. The molecule has 3 rings (SSSR count). The molecule has 33 heavy (non-hydrogen) atoms. The highest BCUT2D eigenvalue weighted by Gasteiger charge is 2.38. The summed E-state index contributed by atoms with van der Waals surface area (Å²) in [5.74, 6) is 1.45. The molecular weight excluding hydrogens is 444 g/mol. The Morgan fingerprint density at radius 3 is 2.42 bits per heavy atom. The lowest BCUT2D eigenvalue weighted by atomic mass is 9.92. The van der Waals surface area contributed by atoms with Crippen LogP contribution in [0.3, 0.4) is 0 Å². The van der Waals surface area contributed by atoms with Crippen molar-refractivity contribution in [1.29, 1.82) is 0 Å². The van der Waals surface area contributed by atoms with Crippen LogP contribution in [0.1, 0.15) is 33.3 Å². The number of ether oxygens (including phenoxy) is 3. The molecule has 2 aromatic carbocycles. The topological polar surface area (TPSA) is 94.2 Å². The molecule has 0 atom stereocenters. The summed E-state index contributed by atoms with van der Waals surface area (Å²) in [5, 5.41) is 0. The summed E-state index contributed by atoms with van der Waals surface area (Å²) in [7, 11) is -0.718. The molecule has 1 aliphatic rings. The number of carbonyl (C=O) groups is 1. The van der Waals surface area contributed by atoms with Gasteiger partial charge in [0.25, 0.3) is 0 Å². The lowest BCUT2D eigenvalue weighted by Gasteiger charge is -2.29. The third-order valence-electron chi connectivity index (χ3n) is 5.29. The van der Waals surface area contributed by atoms with Gasteiger partial charge >= 0.3 is 0 Å². The summed E-state index contributed by atoms with van der Waals surface area (Å²) < 4.78 is 44.8. The smallest absolute Gasteiger partial charge is 0.236 e. The van der Waals surface area contributed by atoms with Crippen LogP contribution in [0.2, 0.25) is 0 Å². The Morgan fingerprint density at radius 2 is 1.79 bits per heavy atom. The normalized spacial score (nSPS) is 15.5. The van der Waals surface area contributed by atoms with E-state index >= 15 is 0 Å². The third-order valence-corrected chi connectivity index (χ3v) is 6.55. The molecule has 0 saturated heterocycles. The van der Waals surface area contributed by atoms with Crippen LogP contribution in [-0.4, -0.2) is 41.7 Å². The van der Waals surface area contributed by atoms with Gasteiger partial charge in [-0.05, 0) is 55.7 Å². The van der Waals surface area contributed by atoms with E-state index in [-0.39, 0.29) is 24.2 Å². The van der Waals surface area contributed by atoms with E-state index in [2.05, 4.69) is 4.72 Å². The first-order chi connectivity index (χ1) is 15.5. The Kier molecular flexibility index (Phi) is 7.11. The first-order valence-electron chi connectivity index (χ1n) is 10.8. The average Bonchev–Trinajstić information content (AvgIpc) is 2.83. The predicted molar refractivity (Wildman–Crippen MR) is 129 cm³/mol. The average molecular weight is 477 g/mol. The van der Waals surface area contributed by atoms with Crippen LogP contribution in [0.25, 0.3) is 0 Å². The minimum Gasteiger partial charge on any atom is -0.493 e. The molecule has 0 radical (unpaired) electrons. The minimum atomic E-state index is -3.74. The van der Waals surface area contributed by atoms with Crippen LogP contribution < -0.4 is 23.8 Å². The quantitative estimate of drug-likeness (QED) is 0.618. The van der Waals surface area contributed by atoms with Gasteiger partial charge in [0.15, 0.2) is 11.5 Å². The van der Waals surface area contributed by atoms with Crippen molar-refractivity contribution >= 4 is 27.3 Å². The van der Waals surface area contributed by atoms with Gasteiger partial charge in [-0.25, -0.2) is 8.42 Å². The number of amides is 1. The van der Waals surface area contributed by atoms with E-state index in [1.807, 2.05) is 27.7 Å². The van der Waals surface area contributed by atoms with E-state index < -0.39 is 15.4 Å². The van der Waals surface area contributed by atoms with Gasteiger partial charge in [0.1, 0.15) is 12.4 Å². The van der Waals surface area contributed by atoms with Crippen molar-refractivity contribution in [2.75, 3.05) is 37.0 Å². The van der Waals surface area contributed by atoms with Gasteiger partial charge in [0.2, 0.25) is 15.9 Å². The van der Waals surface area contributed by atoms with Crippen molar-refractivity contribution in [2.24, 2.45) is 11.3 Å². The van der Waals surface area contributed by atoms with Gasteiger partial charge in [-0.2, -0.15) is 0 Å². The zero-order valence-corrected chi connectivity index (χ0v) is 20.8. The molecular formula is C24H32N2O6S. The molecule has 0 unspecified atom stereocenters. The van der Waals surface area contributed by atoms with E-state index in [0.717, 1.165) is 0 Å². The second-order valence-corrected chi connectivity index (χ2v) is 10.9. The molecule has 0 fully saturated rings. The minimum absolute atomic E-state index is 0.0553. The first-order valence-corrected chi connectivity index (χ1v) is 12.4. The zero-order valence-electron chi connectivity index (χ0n) is 20.0. The summed E-state index contributed by atoms with van der Waals surface area (Å²) >= 11 is 0. The monoisotopic (exact) mass is 476 g/mol. The van der Waals surface area contributed by atoms with Crippen molar-refractivity contribution in [3.05, 3.63) is 42.0 Å². The lowest BCUT2D eigenvalue weighted by molar-refractivity contribution is -0.127. The van der Waals surface area contributed by atoms with E-state index in [9.17, 15) is 13.2 Å². The Hall–Kier alpha value is -2.94. The predicted octanol–water partition coefficient (Wildman–Crippen LogP) is 4.05. The molecule has 0 spiro atoms. The fourth-order valence-electron chi connectivity index (χ4n) is 3.66. The molecule has 2 aromatic rings. The lowest BCUT2D eigenvalue weighted by Crippen LogP contribution is -2.43. The summed E-state index contributed by atoms with van der Waals surface area (Å²) in [5.41, 5.74) is 0.780. The van der Waals surface area contributed by atoms with Crippen LogP contribution in [-0.2, 0) is 20.6 Å². The van der Waals surface area contributed by atoms with E-state index in [1.165, 1.54) is 14.2 Å². The van der Waals surface area contributed by atoms with Crippen LogP contribution in [0.15, 0.2) is 36.4 Å². The number of rotatable bonds is 8. The van der Waals surface area contributed by atoms with E-state index in [1.54, 1.807) is 41.3 Å². The molecule has 0 aliphatic carbocycles. The highest BCUT2D eigenvalue weighted by molar-refractivity contribution is 7.91. The molecule has 180 valence electrons. The number of hydrogen-bond acceptors (Lipinski definition) is 6. The highest BCUT2D eigenvalue weighted by Crippen LogP contribution is 2.39. The summed E-state index contributed by atoms with van der Waals surface area (Å²) in [4.78, 5) is 14.9. The number of carbonyl (C=O) groups excluding carboxylic acids is 1. The van der Waals surface area contributed by atoms with Gasteiger partial charge in [-0.15, -0.1) is 0 Å². The summed E-state index contributed by atoms with van der Waals surface area (Å²) in [6, 6.07) is 9.97. The molecule has 1 N–H and O–H groups in total. The maximum atomic E-state index is 13.2. The molecule has 1 amide bonds. The number of hydrogen-bond donors (Lipinski definition) is 1. The van der Waals surface area contributed by atoms with Crippen LogP contribution in [0.4, 0.5) is 11.4 Å². The maximum absolute atomic E-state index is 13.2. The molecule has 0 saturated carbocycles. The van der Waals surface area contributed by atoms with Crippen LogP contribution in [0, 0.1) is 11.3 Å². The Labute approximate surface area is 195 Å². The molecule has 1 aliphatic heterocycles. The maximum Gasteiger partial charge on any atom is 0.236 e. The Balaban J connectivity index is 1.89. The van der Waals surface area contributed by atoms with Crippen molar-refractivity contribution in [2.45, 2.75) is 33.4 Å². The summed E-state index contributed by atoms with van der Waals surface area (Å²) in [6.07, 6.45) is 0. The van der Waals surface area contributed by atoms with Crippen molar-refractivity contribution in [3.63, 3.8) is 0 Å². The largest absolute Gasteiger partial charge is 0.493 e. The fourth-order valence-corrected chi connectivity index (χ4v) is 4.84. The zero-order chi connectivity index (χ0) is 24.4. The summed E-state index contributed by atoms with van der Waals surface area (Å²) in [6.45, 7) is 8.50. The number of anilines is 2. The van der Waals surface area contributed by atoms with Gasteiger partial charge in [-0.1, -0.05) is 19.9 Å². The second kappa shape index (κ2) is 9.51. The van der Waals surface area contributed by atoms with Crippen molar-refractivity contribution < 1.29 is 27.4 Å². The number of sulfonamides is 1.